The molecule has 2 atom stereocenters. The fourth-order valence-corrected chi connectivity index (χ4v) is 2.78. The Labute approximate surface area is 86.5 Å². The van der Waals surface area contributed by atoms with E-state index in [1.807, 2.05) is 0 Å². The van der Waals surface area contributed by atoms with Crippen LogP contribution in [0.25, 0.3) is 0 Å². The van der Waals surface area contributed by atoms with Crippen LogP contribution in [0.4, 0.5) is 0 Å². The molecule has 0 saturated carbocycles. The van der Waals surface area contributed by atoms with Crippen molar-refractivity contribution in [3.8, 4) is 0 Å². The van der Waals surface area contributed by atoms with Gasteiger partial charge in [-0.3, -0.25) is 0 Å². The predicted molar refractivity (Wildman–Crippen MR) is 57.3 cm³/mol. The minimum Gasteiger partial charge on any atom is -0.387 e. The summed E-state index contributed by atoms with van der Waals surface area (Å²) in [5.41, 5.74) is -0.459. The molecule has 0 radical (unpaired) electrons. The molecule has 2 saturated heterocycles. The molecule has 2 N–H and O–H groups in total. The van der Waals surface area contributed by atoms with Crippen LogP contribution in [-0.4, -0.2) is 48.3 Å². The van der Waals surface area contributed by atoms with Crippen LogP contribution in [0.3, 0.4) is 0 Å². The molecule has 82 valence electrons. The summed E-state index contributed by atoms with van der Waals surface area (Å²) in [4.78, 5) is 2.23. The maximum absolute atomic E-state index is 10.5. The van der Waals surface area contributed by atoms with E-state index in [2.05, 4.69) is 17.3 Å². The zero-order valence-electron chi connectivity index (χ0n) is 9.13. The number of rotatable bonds is 1. The summed E-state index contributed by atoms with van der Waals surface area (Å²) < 4.78 is 0. The molecule has 3 nitrogen and oxygen atoms in total. The van der Waals surface area contributed by atoms with Gasteiger partial charge in [0.15, 0.2) is 0 Å². The number of likely N-dealkylation sites (tertiary alicyclic amines) is 1. The Hall–Kier alpha value is -0.120. The number of likely N-dealkylation sites (N-methyl/N-ethyl adjacent to an activating group) is 1. The lowest BCUT2D eigenvalue weighted by molar-refractivity contribution is 0.0113. The number of β-amino-alcohol motifs (C(OH)–C–C–N with tert-alkyl or cyclic N) is 1. The molecule has 2 rings (SSSR count). The van der Waals surface area contributed by atoms with Crippen LogP contribution in [0.2, 0.25) is 0 Å². The lowest BCUT2D eigenvalue weighted by Crippen LogP contribution is -2.51. The van der Waals surface area contributed by atoms with Gasteiger partial charge in [-0.15, -0.1) is 0 Å². The summed E-state index contributed by atoms with van der Waals surface area (Å²) in [5.74, 6) is 0. The molecule has 2 fully saturated rings. The van der Waals surface area contributed by atoms with Gasteiger partial charge in [-0.1, -0.05) is 12.8 Å². The maximum Gasteiger partial charge on any atom is 0.0938 e. The van der Waals surface area contributed by atoms with Crippen molar-refractivity contribution in [2.75, 3.05) is 26.7 Å². The second-order valence-electron chi connectivity index (χ2n) is 4.95. The molecule has 3 heteroatoms. The largest absolute Gasteiger partial charge is 0.387 e. The third kappa shape index (κ3) is 2.10. The Bertz CT molecular complexity index is 190. The number of aliphatic hydroxyl groups is 1. The zero-order chi connectivity index (χ0) is 10.0. The third-order valence-electron chi connectivity index (χ3n) is 3.68. The second-order valence-corrected chi connectivity index (χ2v) is 4.95. The normalized spacial score (nSPS) is 41.1. The predicted octanol–water partition coefficient (Wildman–Crippen LogP) is 0.585. The number of hydrogen-bond acceptors (Lipinski definition) is 3. The Morgan fingerprint density at radius 1 is 1.36 bits per heavy atom. The summed E-state index contributed by atoms with van der Waals surface area (Å²) in [6, 6.07) is 0.329. The summed E-state index contributed by atoms with van der Waals surface area (Å²) >= 11 is 0. The van der Waals surface area contributed by atoms with Crippen molar-refractivity contribution in [1.82, 2.24) is 10.2 Å². The zero-order valence-corrected chi connectivity index (χ0v) is 9.13. The first-order chi connectivity index (χ1) is 6.71. The van der Waals surface area contributed by atoms with Gasteiger partial charge in [0.25, 0.3) is 0 Å². The average molecular weight is 198 g/mol. The summed E-state index contributed by atoms with van der Waals surface area (Å²) in [5, 5.41) is 14.0. The third-order valence-corrected chi connectivity index (χ3v) is 3.68. The maximum atomic E-state index is 10.5. The van der Waals surface area contributed by atoms with Gasteiger partial charge >= 0.3 is 0 Å². The van der Waals surface area contributed by atoms with Gasteiger partial charge in [0, 0.05) is 19.1 Å². The van der Waals surface area contributed by atoms with Crippen molar-refractivity contribution >= 4 is 0 Å². The van der Waals surface area contributed by atoms with E-state index < -0.39 is 5.60 Å². The van der Waals surface area contributed by atoms with E-state index in [1.54, 1.807) is 0 Å². The first-order valence-electron chi connectivity index (χ1n) is 5.85. The van der Waals surface area contributed by atoms with E-state index in [4.69, 9.17) is 0 Å². The van der Waals surface area contributed by atoms with Crippen molar-refractivity contribution in [2.45, 2.75) is 43.7 Å². The van der Waals surface area contributed by atoms with Crippen molar-refractivity contribution in [2.24, 2.45) is 0 Å². The lowest BCUT2D eigenvalue weighted by atomic mass is 9.90. The molecule has 0 aromatic carbocycles. The fraction of sp³-hybridized carbons (Fsp3) is 1.00. The Balaban J connectivity index is 1.97. The van der Waals surface area contributed by atoms with Crippen molar-refractivity contribution < 1.29 is 5.11 Å². The molecule has 2 unspecified atom stereocenters. The molecular weight excluding hydrogens is 176 g/mol. The van der Waals surface area contributed by atoms with E-state index in [-0.39, 0.29) is 0 Å². The molecule has 0 spiro atoms. The van der Waals surface area contributed by atoms with Crippen LogP contribution >= 0.6 is 0 Å². The summed E-state index contributed by atoms with van der Waals surface area (Å²) in [6.45, 7) is 2.95. The van der Waals surface area contributed by atoms with Crippen LogP contribution in [0.15, 0.2) is 0 Å². The molecule has 14 heavy (non-hydrogen) atoms. The average Bonchev–Trinajstić information content (AvgIpc) is 2.45. The minimum atomic E-state index is -0.459. The summed E-state index contributed by atoms with van der Waals surface area (Å²) in [7, 11) is 2.09. The SMILES string of the molecule is CN1CCC(O)(C2CCCCCN2)C1. The molecule has 2 heterocycles. The summed E-state index contributed by atoms with van der Waals surface area (Å²) in [6.07, 6.45) is 5.92. The monoisotopic (exact) mass is 198 g/mol. The first-order valence-corrected chi connectivity index (χ1v) is 5.85. The van der Waals surface area contributed by atoms with Gasteiger partial charge in [0.2, 0.25) is 0 Å². The van der Waals surface area contributed by atoms with Gasteiger partial charge in [-0.25, -0.2) is 0 Å². The van der Waals surface area contributed by atoms with E-state index in [1.165, 1.54) is 19.3 Å². The molecule has 0 amide bonds. The van der Waals surface area contributed by atoms with E-state index in [9.17, 15) is 5.11 Å². The molecule has 2 aliphatic heterocycles. The highest BCUT2D eigenvalue weighted by Crippen LogP contribution is 2.27. The standard InChI is InChI=1S/C11H22N2O/c1-13-8-6-11(14,9-13)10-5-3-2-4-7-12-10/h10,12,14H,2-9H2,1H3. The molecule has 0 aliphatic carbocycles. The van der Waals surface area contributed by atoms with E-state index >= 15 is 0 Å². The molecule has 0 aromatic rings. The van der Waals surface area contributed by atoms with Crippen LogP contribution in [0.5, 0.6) is 0 Å². The van der Waals surface area contributed by atoms with E-state index in [0.717, 1.165) is 32.5 Å². The Morgan fingerprint density at radius 2 is 2.21 bits per heavy atom. The van der Waals surface area contributed by atoms with Gasteiger partial charge in [-0.05, 0) is 32.9 Å². The van der Waals surface area contributed by atoms with Crippen LogP contribution in [-0.2, 0) is 0 Å². The van der Waals surface area contributed by atoms with Crippen molar-refractivity contribution in [3.05, 3.63) is 0 Å². The minimum absolute atomic E-state index is 0.329. The molecule has 2 aliphatic rings. The van der Waals surface area contributed by atoms with Crippen molar-refractivity contribution in [3.63, 3.8) is 0 Å². The van der Waals surface area contributed by atoms with E-state index in [0.29, 0.717) is 6.04 Å². The number of hydrogen-bond donors (Lipinski definition) is 2. The lowest BCUT2D eigenvalue weighted by Gasteiger charge is -2.32. The first kappa shape index (κ1) is 10.4. The van der Waals surface area contributed by atoms with Gasteiger partial charge in [0.1, 0.15) is 0 Å². The highest BCUT2D eigenvalue weighted by atomic mass is 16.3. The van der Waals surface area contributed by atoms with Crippen LogP contribution in [0, 0.1) is 0 Å². The molecule has 0 aromatic heterocycles. The quantitative estimate of drug-likeness (QED) is 0.647. The van der Waals surface area contributed by atoms with Gasteiger partial charge in [-0.2, -0.15) is 0 Å². The van der Waals surface area contributed by atoms with Crippen LogP contribution < -0.4 is 5.32 Å². The smallest absolute Gasteiger partial charge is 0.0938 e. The molecule has 0 bridgehead atoms. The van der Waals surface area contributed by atoms with Gasteiger partial charge in [0.05, 0.1) is 5.60 Å². The Kier molecular flexibility index (Phi) is 3.10. The van der Waals surface area contributed by atoms with Crippen LogP contribution in [0.1, 0.15) is 32.1 Å². The highest BCUT2D eigenvalue weighted by Gasteiger charge is 2.41. The topological polar surface area (TPSA) is 35.5 Å². The fourth-order valence-electron chi connectivity index (χ4n) is 2.78. The second kappa shape index (κ2) is 4.17. The highest BCUT2D eigenvalue weighted by molar-refractivity contribution is 4.98. The molecular formula is C11H22N2O. The van der Waals surface area contributed by atoms with Gasteiger partial charge < -0.3 is 15.3 Å². The number of nitrogens with one attached hydrogen (secondary N) is 1. The van der Waals surface area contributed by atoms with Crippen molar-refractivity contribution in [1.29, 1.82) is 0 Å². The number of nitrogens with zero attached hydrogens (tertiary/aromatic N) is 1. The Morgan fingerprint density at radius 3 is 2.93 bits per heavy atom.